The zero-order valence-electron chi connectivity index (χ0n) is 7.79. The fourth-order valence-electron chi connectivity index (χ4n) is 1.43. The van der Waals surface area contributed by atoms with Crippen molar-refractivity contribution < 1.29 is 9.53 Å². The van der Waals surface area contributed by atoms with Crippen molar-refractivity contribution in [3.63, 3.8) is 0 Å². The average Bonchev–Trinajstić information content (AvgIpc) is 2.57. The molecule has 1 aliphatic heterocycles. The maximum Gasteiger partial charge on any atom is 0.220 e. The predicted octanol–water partition coefficient (Wildman–Crippen LogP) is 0.992. The van der Waals surface area contributed by atoms with Crippen LogP contribution in [-0.2, 0) is 9.53 Å². The standard InChI is InChI=1S/C9H17NO2S/c11-9(4-7-13)10-5-3-8-2-1-6-12-8/h8,13H,1-7H2,(H,10,11). The van der Waals surface area contributed by atoms with Gasteiger partial charge in [0.2, 0.25) is 5.91 Å². The van der Waals surface area contributed by atoms with Gasteiger partial charge in [0, 0.05) is 19.6 Å². The molecule has 1 rings (SSSR count). The van der Waals surface area contributed by atoms with E-state index in [2.05, 4.69) is 17.9 Å². The van der Waals surface area contributed by atoms with Crippen LogP contribution in [0.5, 0.6) is 0 Å². The summed E-state index contributed by atoms with van der Waals surface area (Å²) in [4.78, 5) is 11.0. The number of nitrogens with one attached hydrogen (secondary N) is 1. The third-order valence-electron chi connectivity index (χ3n) is 2.15. The van der Waals surface area contributed by atoms with E-state index in [1.165, 1.54) is 0 Å². The lowest BCUT2D eigenvalue weighted by atomic mass is 10.2. The summed E-state index contributed by atoms with van der Waals surface area (Å²) in [6, 6.07) is 0. The number of carbonyl (C=O) groups excluding carboxylic acids is 1. The molecule has 3 nitrogen and oxygen atoms in total. The van der Waals surface area contributed by atoms with Crippen LogP contribution in [0.25, 0.3) is 0 Å². The molecule has 1 atom stereocenters. The van der Waals surface area contributed by atoms with Gasteiger partial charge in [-0.25, -0.2) is 0 Å². The van der Waals surface area contributed by atoms with E-state index in [4.69, 9.17) is 4.74 Å². The molecule has 4 heteroatoms. The number of rotatable bonds is 5. The summed E-state index contributed by atoms with van der Waals surface area (Å²) in [5.74, 6) is 0.708. The highest BCUT2D eigenvalue weighted by atomic mass is 32.1. The minimum atomic E-state index is 0.0907. The number of ether oxygens (including phenoxy) is 1. The Labute approximate surface area is 84.6 Å². The van der Waals surface area contributed by atoms with Crippen LogP contribution in [0.2, 0.25) is 0 Å². The van der Waals surface area contributed by atoms with Crippen LogP contribution in [0, 0.1) is 0 Å². The molecule has 13 heavy (non-hydrogen) atoms. The molecule has 0 aromatic heterocycles. The van der Waals surface area contributed by atoms with Crippen molar-refractivity contribution in [2.45, 2.75) is 31.8 Å². The van der Waals surface area contributed by atoms with Gasteiger partial charge in [0.25, 0.3) is 0 Å². The minimum absolute atomic E-state index is 0.0907. The van der Waals surface area contributed by atoms with Gasteiger partial charge in [0.1, 0.15) is 0 Å². The third kappa shape index (κ3) is 4.52. The van der Waals surface area contributed by atoms with Crippen LogP contribution >= 0.6 is 12.6 Å². The van der Waals surface area contributed by atoms with E-state index in [0.29, 0.717) is 18.3 Å². The van der Waals surface area contributed by atoms with E-state index in [9.17, 15) is 4.79 Å². The summed E-state index contributed by atoms with van der Waals surface area (Å²) in [5, 5.41) is 2.84. The van der Waals surface area contributed by atoms with Gasteiger partial charge in [-0.2, -0.15) is 12.6 Å². The topological polar surface area (TPSA) is 38.3 Å². The monoisotopic (exact) mass is 203 g/mol. The number of amides is 1. The zero-order valence-corrected chi connectivity index (χ0v) is 8.69. The Balaban J connectivity index is 1.96. The molecule has 0 radical (unpaired) electrons. The van der Waals surface area contributed by atoms with Gasteiger partial charge in [-0.05, 0) is 25.0 Å². The van der Waals surface area contributed by atoms with Gasteiger partial charge in [-0.3, -0.25) is 4.79 Å². The SMILES string of the molecule is O=C(CCS)NCCC1CCCO1. The second-order valence-corrected chi connectivity index (χ2v) is 3.69. The van der Waals surface area contributed by atoms with Crippen LogP contribution < -0.4 is 5.32 Å². The molecule has 0 saturated carbocycles. The first kappa shape index (κ1) is 10.9. The molecule has 0 aliphatic carbocycles. The first-order chi connectivity index (χ1) is 6.33. The molecule has 1 aliphatic rings. The average molecular weight is 203 g/mol. The van der Waals surface area contributed by atoms with Gasteiger partial charge in [0.05, 0.1) is 6.10 Å². The largest absolute Gasteiger partial charge is 0.378 e. The van der Waals surface area contributed by atoms with Crippen LogP contribution in [0.1, 0.15) is 25.7 Å². The normalized spacial score (nSPS) is 21.8. The maximum atomic E-state index is 11.0. The molecule has 1 saturated heterocycles. The van der Waals surface area contributed by atoms with Crippen molar-refractivity contribution in [1.82, 2.24) is 5.32 Å². The number of hydrogen-bond donors (Lipinski definition) is 2. The molecule has 0 bridgehead atoms. The lowest BCUT2D eigenvalue weighted by Crippen LogP contribution is -2.27. The number of hydrogen-bond acceptors (Lipinski definition) is 3. The van der Waals surface area contributed by atoms with E-state index in [1.807, 2.05) is 0 Å². The van der Waals surface area contributed by atoms with Gasteiger partial charge >= 0.3 is 0 Å². The first-order valence-corrected chi connectivity index (χ1v) is 5.45. The first-order valence-electron chi connectivity index (χ1n) is 4.82. The fraction of sp³-hybridized carbons (Fsp3) is 0.889. The highest BCUT2D eigenvalue weighted by Gasteiger charge is 2.14. The van der Waals surface area contributed by atoms with E-state index >= 15 is 0 Å². The Morgan fingerprint density at radius 2 is 2.46 bits per heavy atom. The Morgan fingerprint density at radius 3 is 3.08 bits per heavy atom. The van der Waals surface area contributed by atoms with E-state index in [1.54, 1.807) is 0 Å². The van der Waals surface area contributed by atoms with Gasteiger partial charge in [0.15, 0.2) is 0 Å². The lowest BCUT2D eigenvalue weighted by molar-refractivity contribution is -0.120. The molecule has 1 unspecified atom stereocenters. The van der Waals surface area contributed by atoms with Crippen molar-refractivity contribution in [1.29, 1.82) is 0 Å². The second-order valence-electron chi connectivity index (χ2n) is 3.25. The number of thiol groups is 1. The smallest absolute Gasteiger partial charge is 0.220 e. The maximum absolute atomic E-state index is 11.0. The third-order valence-corrected chi connectivity index (χ3v) is 2.37. The molecular formula is C9H17NO2S. The highest BCUT2D eigenvalue weighted by molar-refractivity contribution is 7.80. The Hall–Kier alpha value is -0.220. The molecule has 1 heterocycles. The molecule has 1 amide bonds. The molecule has 76 valence electrons. The predicted molar refractivity (Wildman–Crippen MR) is 55.1 cm³/mol. The van der Waals surface area contributed by atoms with Crippen LogP contribution in [0.15, 0.2) is 0 Å². The molecular weight excluding hydrogens is 186 g/mol. The molecule has 0 spiro atoms. The second kappa shape index (κ2) is 6.27. The van der Waals surface area contributed by atoms with Gasteiger partial charge in [-0.15, -0.1) is 0 Å². The summed E-state index contributed by atoms with van der Waals surface area (Å²) in [7, 11) is 0. The Kier molecular flexibility index (Phi) is 5.23. The molecule has 1 N–H and O–H groups in total. The zero-order chi connectivity index (χ0) is 9.52. The van der Waals surface area contributed by atoms with Crippen molar-refractivity contribution in [3.8, 4) is 0 Å². The highest BCUT2D eigenvalue weighted by Crippen LogP contribution is 2.14. The molecule has 0 aromatic carbocycles. The summed E-state index contributed by atoms with van der Waals surface area (Å²) < 4.78 is 5.43. The fourth-order valence-corrected chi connectivity index (χ4v) is 1.64. The van der Waals surface area contributed by atoms with Crippen LogP contribution in [-0.4, -0.2) is 30.9 Å². The van der Waals surface area contributed by atoms with Gasteiger partial charge < -0.3 is 10.1 Å². The number of carbonyl (C=O) groups is 1. The summed E-state index contributed by atoms with van der Waals surface area (Å²) in [6.45, 7) is 1.62. The minimum Gasteiger partial charge on any atom is -0.378 e. The van der Waals surface area contributed by atoms with Crippen molar-refractivity contribution >= 4 is 18.5 Å². The Bertz CT molecular complexity index is 158. The van der Waals surface area contributed by atoms with E-state index in [0.717, 1.165) is 32.4 Å². The molecule has 0 aromatic rings. The lowest BCUT2D eigenvalue weighted by Gasteiger charge is -2.09. The van der Waals surface area contributed by atoms with E-state index < -0.39 is 0 Å². The van der Waals surface area contributed by atoms with Crippen LogP contribution in [0.4, 0.5) is 0 Å². The Morgan fingerprint density at radius 1 is 1.62 bits per heavy atom. The summed E-state index contributed by atoms with van der Waals surface area (Å²) >= 11 is 3.98. The van der Waals surface area contributed by atoms with Crippen LogP contribution in [0.3, 0.4) is 0 Å². The van der Waals surface area contributed by atoms with Crippen molar-refractivity contribution in [2.24, 2.45) is 0 Å². The van der Waals surface area contributed by atoms with Gasteiger partial charge in [-0.1, -0.05) is 0 Å². The van der Waals surface area contributed by atoms with Crippen molar-refractivity contribution in [3.05, 3.63) is 0 Å². The van der Waals surface area contributed by atoms with E-state index in [-0.39, 0.29) is 5.91 Å². The van der Waals surface area contributed by atoms with Crippen molar-refractivity contribution in [2.75, 3.05) is 18.9 Å². The molecule has 1 fully saturated rings. The summed E-state index contributed by atoms with van der Waals surface area (Å²) in [5.41, 5.74) is 0. The summed E-state index contributed by atoms with van der Waals surface area (Å²) in [6.07, 6.45) is 4.13. The quantitative estimate of drug-likeness (QED) is 0.654.